The van der Waals surface area contributed by atoms with Gasteiger partial charge in [-0.2, -0.15) is 0 Å². The number of hydrogen-bond acceptors (Lipinski definition) is 3. The van der Waals surface area contributed by atoms with Crippen LogP contribution in [0.3, 0.4) is 0 Å². The van der Waals surface area contributed by atoms with E-state index in [-0.39, 0.29) is 24.5 Å². The van der Waals surface area contributed by atoms with E-state index in [4.69, 9.17) is 4.74 Å². The van der Waals surface area contributed by atoms with E-state index in [1.807, 2.05) is 30.3 Å². The monoisotopic (exact) mass is 421 g/mol. The first kappa shape index (κ1) is 20.2. The van der Waals surface area contributed by atoms with Crippen LogP contribution in [0.25, 0.3) is 10.8 Å². The van der Waals surface area contributed by atoms with Crippen molar-refractivity contribution >= 4 is 22.6 Å². The molecule has 0 spiro atoms. The lowest BCUT2D eigenvalue weighted by atomic mass is 9.96. The Morgan fingerprint density at radius 3 is 2.06 bits per heavy atom. The number of rotatable bonds is 6. The van der Waals surface area contributed by atoms with Gasteiger partial charge in [-0.1, -0.05) is 78.9 Å². The summed E-state index contributed by atoms with van der Waals surface area (Å²) in [6.07, 6.45) is 0.671. The van der Waals surface area contributed by atoms with Gasteiger partial charge >= 0.3 is 0 Å². The Hall–Kier alpha value is -3.76. The van der Waals surface area contributed by atoms with Crippen LogP contribution in [0.15, 0.2) is 91.0 Å². The summed E-state index contributed by atoms with van der Waals surface area (Å²) in [5.41, 5.74) is 4.16. The number of methoxy groups -OCH3 is 1. The molecule has 0 saturated carbocycles. The molecule has 0 aliphatic carbocycles. The number of imide groups is 1. The normalized spacial score (nSPS) is 14.1. The van der Waals surface area contributed by atoms with Crippen molar-refractivity contribution in [3.05, 3.63) is 119 Å². The molecule has 158 valence electrons. The van der Waals surface area contributed by atoms with Gasteiger partial charge in [-0.25, -0.2) is 0 Å². The average molecular weight is 421 g/mol. The van der Waals surface area contributed by atoms with Gasteiger partial charge in [0.05, 0.1) is 23.8 Å². The Kier molecular flexibility index (Phi) is 5.29. The van der Waals surface area contributed by atoms with Crippen LogP contribution >= 0.6 is 0 Å². The second kappa shape index (κ2) is 8.40. The molecule has 0 aromatic heterocycles. The van der Waals surface area contributed by atoms with Crippen LogP contribution in [0.4, 0.5) is 0 Å². The van der Waals surface area contributed by atoms with Crippen LogP contribution in [0.2, 0.25) is 0 Å². The van der Waals surface area contributed by atoms with Crippen LogP contribution in [-0.2, 0) is 17.7 Å². The molecule has 0 fully saturated rings. The summed E-state index contributed by atoms with van der Waals surface area (Å²) >= 11 is 0. The summed E-state index contributed by atoms with van der Waals surface area (Å²) in [4.78, 5) is 26.6. The van der Waals surface area contributed by atoms with E-state index in [1.54, 1.807) is 31.4 Å². The third kappa shape index (κ3) is 3.59. The van der Waals surface area contributed by atoms with Gasteiger partial charge in [0.2, 0.25) is 0 Å². The van der Waals surface area contributed by atoms with Gasteiger partial charge in [-0.05, 0) is 39.6 Å². The maximum Gasteiger partial charge on any atom is 0.261 e. The molecule has 1 unspecified atom stereocenters. The third-order valence-electron chi connectivity index (χ3n) is 6.14. The number of benzene rings is 4. The summed E-state index contributed by atoms with van der Waals surface area (Å²) in [7, 11) is 1.72. The van der Waals surface area contributed by atoms with E-state index in [0.29, 0.717) is 11.1 Å². The van der Waals surface area contributed by atoms with E-state index < -0.39 is 0 Å². The number of nitrogens with zero attached hydrogens (tertiary/aromatic N) is 1. The van der Waals surface area contributed by atoms with Gasteiger partial charge in [0, 0.05) is 13.5 Å². The third-order valence-corrected chi connectivity index (χ3v) is 6.14. The molecule has 32 heavy (non-hydrogen) atoms. The second-order valence-corrected chi connectivity index (χ2v) is 8.05. The average Bonchev–Trinajstić information content (AvgIpc) is 3.08. The minimum absolute atomic E-state index is 0.0887. The summed E-state index contributed by atoms with van der Waals surface area (Å²) in [5.74, 6) is -0.471. The zero-order chi connectivity index (χ0) is 22.1. The Labute approximate surface area is 187 Å². The Bertz CT molecular complexity index is 1270. The first-order valence-electron chi connectivity index (χ1n) is 10.7. The maximum atomic E-state index is 12.6. The number of amides is 2. The fraction of sp³-hybridized carbons (Fsp3) is 0.143. The quantitative estimate of drug-likeness (QED) is 0.383. The number of ether oxygens (including phenoxy) is 1. The predicted octanol–water partition coefficient (Wildman–Crippen LogP) is 5.57. The van der Waals surface area contributed by atoms with Crippen molar-refractivity contribution in [3.8, 4) is 0 Å². The smallest absolute Gasteiger partial charge is 0.261 e. The highest BCUT2D eigenvalue weighted by molar-refractivity contribution is 6.21. The van der Waals surface area contributed by atoms with Crippen molar-refractivity contribution < 1.29 is 14.3 Å². The molecule has 4 aromatic rings. The second-order valence-electron chi connectivity index (χ2n) is 8.05. The van der Waals surface area contributed by atoms with Crippen molar-refractivity contribution in [2.24, 2.45) is 0 Å². The molecule has 1 heterocycles. The minimum atomic E-state index is -0.236. The molecule has 2 amide bonds. The first-order valence-corrected chi connectivity index (χ1v) is 10.7. The van der Waals surface area contributed by atoms with Crippen molar-refractivity contribution in [1.82, 2.24) is 4.90 Å². The van der Waals surface area contributed by atoms with Gasteiger partial charge in [0.1, 0.15) is 0 Å². The van der Waals surface area contributed by atoms with Gasteiger partial charge in [-0.15, -0.1) is 0 Å². The first-order chi connectivity index (χ1) is 15.7. The van der Waals surface area contributed by atoms with E-state index in [0.717, 1.165) is 17.5 Å². The van der Waals surface area contributed by atoms with Gasteiger partial charge in [0.15, 0.2) is 0 Å². The molecule has 0 saturated heterocycles. The topological polar surface area (TPSA) is 46.6 Å². The zero-order valence-electron chi connectivity index (χ0n) is 17.8. The molecule has 0 bridgehead atoms. The summed E-state index contributed by atoms with van der Waals surface area (Å²) in [6, 6.07) is 29.7. The zero-order valence-corrected chi connectivity index (χ0v) is 17.8. The van der Waals surface area contributed by atoms with E-state index in [9.17, 15) is 9.59 Å². The molecular formula is C28H23NO3. The summed E-state index contributed by atoms with van der Waals surface area (Å²) in [5, 5.41) is 2.45. The lowest BCUT2D eigenvalue weighted by Crippen LogP contribution is -2.29. The molecule has 1 atom stereocenters. The number of fused-ring (bicyclic) bond motifs is 2. The number of carbonyl (C=O) groups is 2. The van der Waals surface area contributed by atoms with Crippen molar-refractivity contribution in [1.29, 1.82) is 0 Å². The van der Waals surface area contributed by atoms with Crippen LogP contribution in [0.5, 0.6) is 0 Å². The van der Waals surface area contributed by atoms with Gasteiger partial charge in [-0.3, -0.25) is 14.5 Å². The number of hydrogen-bond donors (Lipinski definition) is 0. The Balaban J connectivity index is 1.34. The molecule has 1 aliphatic rings. The molecule has 0 radical (unpaired) electrons. The van der Waals surface area contributed by atoms with Crippen LogP contribution in [-0.4, -0.2) is 23.8 Å². The van der Waals surface area contributed by atoms with Crippen molar-refractivity contribution in [2.45, 2.75) is 19.1 Å². The number of carbonyl (C=O) groups excluding carboxylic acids is 2. The Morgan fingerprint density at radius 1 is 0.750 bits per heavy atom. The minimum Gasteiger partial charge on any atom is -0.376 e. The summed E-state index contributed by atoms with van der Waals surface area (Å²) < 4.78 is 5.82. The largest absolute Gasteiger partial charge is 0.376 e. The van der Waals surface area contributed by atoms with Crippen LogP contribution in [0, 0.1) is 0 Å². The lowest BCUT2D eigenvalue weighted by Gasteiger charge is -2.18. The molecule has 0 N–H and O–H groups in total. The molecule has 5 rings (SSSR count). The maximum absolute atomic E-state index is 12.6. The van der Waals surface area contributed by atoms with E-state index >= 15 is 0 Å². The highest BCUT2D eigenvalue weighted by Crippen LogP contribution is 2.28. The lowest BCUT2D eigenvalue weighted by molar-refractivity contribution is 0.0642. The molecule has 4 heteroatoms. The highest BCUT2D eigenvalue weighted by atomic mass is 16.5. The fourth-order valence-electron chi connectivity index (χ4n) is 4.41. The Morgan fingerprint density at radius 2 is 1.38 bits per heavy atom. The van der Waals surface area contributed by atoms with Gasteiger partial charge < -0.3 is 4.74 Å². The fourth-order valence-corrected chi connectivity index (χ4v) is 4.41. The SMILES string of the molecule is COC(Cc1cccc2ccccc12)c1ccc(CN2C(=O)c3ccccc3C2=O)cc1. The predicted molar refractivity (Wildman–Crippen MR) is 124 cm³/mol. The van der Waals surface area contributed by atoms with Gasteiger partial charge in [0.25, 0.3) is 11.8 Å². The summed E-state index contributed by atoms with van der Waals surface area (Å²) in [6.45, 7) is 0.258. The molecular weight excluding hydrogens is 398 g/mol. The molecule has 4 nitrogen and oxygen atoms in total. The van der Waals surface area contributed by atoms with Crippen molar-refractivity contribution in [3.63, 3.8) is 0 Å². The van der Waals surface area contributed by atoms with Crippen LogP contribution in [0.1, 0.15) is 43.5 Å². The molecule has 1 aliphatic heterocycles. The molecule has 4 aromatic carbocycles. The van der Waals surface area contributed by atoms with Crippen molar-refractivity contribution in [2.75, 3.05) is 7.11 Å². The standard InChI is InChI=1S/C28H23NO3/c1-32-26(17-22-9-6-8-20-7-2-3-10-23(20)22)21-15-13-19(14-16-21)18-29-27(30)24-11-4-5-12-25(24)28(29)31/h2-16,26H,17-18H2,1H3. The highest BCUT2D eigenvalue weighted by Gasteiger charge is 2.34. The van der Waals surface area contributed by atoms with E-state index in [1.165, 1.54) is 21.2 Å². The van der Waals surface area contributed by atoms with E-state index in [2.05, 4.69) is 36.4 Å². The van der Waals surface area contributed by atoms with Crippen LogP contribution < -0.4 is 0 Å².